The zero-order valence-corrected chi connectivity index (χ0v) is 22.2. The molecule has 0 aliphatic heterocycles. The second-order valence-electron chi connectivity index (χ2n) is 9.03. The Morgan fingerprint density at radius 1 is 0.919 bits per heavy atom. The fourth-order valence-corrected chi connectivity index (χ4v) is 4.93. The van der Waals surface area contributed by atoms with E-state index in [1.54, 1.807) is 4.90 Å². The summed E-state index contributed by atoms with van der Waals surface area (Å²) in [6.45, 7) is 2.20. The van der Waals surface area contributed by atoms with Gasteiger partial charge in [0.15, 0.2) is 0 Å². The average Bonchev–Trinajstić information content (AvgIpc) is 3.38. The molecule has 1 heterocycles. The zero-order chi connectivity index (χ0) is 26.2. The molecule has 0 saturated carbocycles. The fraction of sp³-hybridized carbons (Fsp3) is 0.233. The van der Waals surface area contributed by atoms with Gasteiger partial charge in [0.1, 0.15) is 11.0 Å². The Balaban J connectivity index is 1.57. The molecular formula is C30H32N4O2S. The van der Waals surface area contributed by atoms with Crippen LogP contribution in [0.2, 0.25) is 0 Å². The van der Waals surface area contributed by atoms with Crippen LogP contribution in [0.15, 0.2) is 90.3 Å². The smallest absolute Gasteiger partial charge is 0.247 e. The topological polar surface area (TPSA) is 65.5 Å². The number of nitrogens with one attached hydrogen (secondary N) is 1. The van der Waals surface area contributed by atoms with Crippen LogP contribution in [-0.2, 0) is 22.6 Å². The highest BCUT2D eigenvalue weighted by Gasteiger charge is 2.29. The molecule has 7 heteroatoms. The Labute approximate surface area is 222 Å². The number of hydrogen-bond donors (Lipinski definition) is 1. The molecule has 0 fully saturated rings. The SMILES string of the molecule is CCC(C(=O)Nc1ccc(N(C)C)cc1)N(Cc1nc(-c2ccccc2)cs1)C(=O)Cc1ccccc1. The van der Waals surface area contributed by atoms with E-state index in [4.69, 9.17) is 4.98 Å². The van der Waals surface area contributed by atoms with E-state index in [2.05, 4.69) is 5.32 Å². The number of rotatable bonds is 10. The van der Waals surface area contributed by atoms with Crippen molar-refractivity contribution in [1.29, 1.82) is 0 Å². The quantitative estimate of drug-likeness (QED) is 0.289. The summed E-state index contributed by atoms with van der Waals surface area (Å²) >= 11 is 1.50. The second kappa shape index (κ2) is 12.3. The van der Waals surface area contributed by atoms with Crippen molar-refractivity contribution in [2.75, 3.05) is 24.3 Å². The fourth-order valence-electron chi connectivity index (χ4n) is 4.13. The first-order valence-corrected chi connectivity index (χ1v) is 13.2. The second-order valence-corrected chi connectivity index (χ2v) is 9.97. The monoisotopic (exact) mass is 512 g/mol. The first-order chi connectivity index (χ1) is 17.9. The van der Waals surface area contributed by atoms with E-state index in [-0.39, 0.29) is 24.8 Å². The summed E-state index contributed by atoms with van der Waals surface area (Å²) in [7, 11) is 3.94. The predicted molar refractivity (Wildman–Crippen MR) is 152 cm³/mol. The van der Waals surface area contributed by atoms with E-state index >= 15 is 0 Å². The molecule has 0 aliphatic carbocycles. The van der Waals surface area contributed by atoms with E-state index in [0.717, 1.165) is 27.5 Å². The first-order valence-electron chi connectivity index (χ1n) is 12.4. The summed E-state index contributed by atoms with van der Waals surface area (Å²) in [6.07, 6.45) is 0.706. The molecule has 1 aromatic heterocycles. The maximum absolute atomic E-state index is 13.6. The van der Waals surface area contributed by atoms with Gasteiger partial charge in [0, 0.05) is 36.4 Å². The van der Waals surface area contributed by atoms with Crippen LogP contribution in [-0.4, -0.2) is 41.8 Å². The lowest BCUT2D eigenvalue weighted by atomic mass is 10.1. The van der Waals surface area contributed by atoms with Crippen LogP contribution in [0.1, 0.15) is 23.9 Å². The van der Waals surface area contributed by atoms with E-state index in [1.807, 2.05) is 116 Å². The molecule has 37 heavy (non-hydrogen) atoms. The third-order valence-corrected chi connectivity index (χ3v) is 7.00. The molecule has 2 amide bonds. The maximum atomic E-state index is 13.6. The van der Waals surface area contributed by atoms with Crippen LogP contribution in [0, 0.1) is 0 Å². The minimum absolute atomic E-state index is 0.104. The molecular weight excluding hydrogens is 480 g/mol. The Morgan fingerprint density at radius 2 is 1.57 bits per heavy atom. The van der Waals surface area contributed by atoms with Gasteiger partial charge < -0.3 is 15.1 Å². The molecule has 0 saturated heterocycles. The summed E-state index contributed by atoms with van der Waals surface area (Å²) in [5.41, 5.74) is 4.55. The van der Waals surface area contributed by atoms with Crippen molar-refractivity contribution in [3.8, 4) is 11.3 Å². The molecule has 1 N–H and O–H groups in total. The number of hydrogen-bond acceptors (Lipinski definition) is 5. The lowest BCUT2D eigenvalue weighted by Crippen LogP contribution is -2.47. The summed E-state index contributed by atoms with van der Waals surface area (Å²) in [5, 5.41) is 5.80. The molecule has 0 radical (unpaired) electrons. The van der Waals surface area contributed by atoms with E-state index < -0.39 is 6.04 Å². The largest absolute Gasteiger partial charge is 0.378 e. The molecule has 0 aliphatic rings. The van der Waals surface area contributed by atoms with E-state index in [0.29, 0.717) is 12.1 Å². The number of anilines is 2. The number of carbonyl (C=O) groups is 2. The van der Waals surface area contributed by atoms with Gasteiger partial charge in [0.05, 0.1) is 18.7 Å². The molecule has 190 valence electrons. The van der Waals surface area contributed by atoms with Gasteiger partial charge in [0.25, 0.3) is 0 Å². The zero-order valence-electron chi connectivity index (χ0n) is 21.4. The summed E-state index contributed by atoms with van der Waals surface area (Å²) < 4.78 is 0. The molecule has 6 nitrogen and oxygen atoms in total. The molecule has 4 aromatic rings. The van der Waals surface area contributed by atoms with Crippen LogP contribution in [0.4, 0.5) is 11.4 Å². The van der Waals surface area contributed by atoms with E-state index in [1.165, 1.54) is 11.3 Å². The third kappa shape index (κ3) is 6.83. The van der Waals surface area contributed by atoms with Crippen LogP contribution in [0.3, 0.4) is 0 Å². The number of aromatic nitrogens is 1. The number of thiazole rings is 1. The molecule has 0 spiro atoms. The van der Waals surface area contributed by atoms with Crippen molar-refractivity contribution in [1.82, 2.24) is 9.88 Å². The predicted octanol–water partition coefficient (Wildman–Crippen LogP) is 5.86. The lowest BCUT2D eigenvalue weighted by molar-refractivity contribution is -0.139. The van der Waals surface area contributed by atoms with Crippen molar-refractivity contribution in [2.45, 2.75) is 32.4 Å². The Morgan fingerprint density at radius 3 is 2.19 bits per heavy atom. The third-order valence-electron chi connectivity index (χ3n) is 6.16. The van der Waals surface area contributed by atoms with Crippen molar-refractivity contribution in [3.05, 3.63) is 101 Å². The van der Waals surface area contributed by atoms with Crippen LogP contribution < -0.4 is 10.2 Å². The number of amides is 2. The standard InChI is InChI=1S/C30H32N4O2S/c1-4-27(30(36)31-24-15-17-25(18-16-24)33(2)3)34(29(35)19-22-11-7-5-8-12-22)20-28-32-26(21-37-28)23-13-9-6-10-14-23/h5-18,21,27H,4,19-20H2,1-3H3,(H,31,36). The lowest BCUT2D eigenvalue weighted by Gasteiger charge is -2.30. The summed E-state index contributed by atoms with van der Waals surface area (Å²) in [4.78, 5) is 35.5. The first kappa shape index (κ1) is 26.1. The van der Waals surface area contributed by atoms with Gasteiger partial charge in [-0.25, -0.2) is 4.98 Å². The van der Waals surface area contributed by atoms with E-state index in [9.17, 15) is 9.59 Å². The van der Waals surface area contributed by atoms with Gasteiger partial charge in [-0.1, -0.05) is 67.6 Å². The van der Waals surface area contributed by atoms with Crippen LogP contribution in [0.5, 0.6) is 0 Å². The molecule has 0 bridgehead atoms. The highest BCUT2D eigenvalue weighted by Crippen LogP contribution is 2.24. The Hall–Kier alpha value is -3.97. The number of carbonyl (C=O) groups excluding carboxylic acids is 2. The van der Waals surface area contributed by atoms with Gasteiger partial charge in [-0.3, -0.25) is 9.59 Å². The van der Waals surface area contributed by atoms with Crippen LogP contribution >= 0.6 is 11.3 Å². The number of nitrogens with zero attached hydrogens (tertiary/aromatic N) is 3. The average molecular weight is 513 g/mol. The summed E-state index contributed by atoms with van der Waals surface area (Å²) in [6, 6.07) is 26.6. The van der Waals surface area contributed by atoms with Crippen molar-refractivity contribution in [3.63, 3.8) is 0 Å². The normalized spacial score (nSPS) is 11.5. The Bertz CT molecular complexity index is 1300. The Kier molecular flexibility index (Phi) is 8.69. The van der Waals surface area contributed by atoms with Crippen molar-refractivity contribution >= 4 is 34.5 Å². The minimum atomic E-state index is -0.631. The minimum Gasteiger partial charge on any atom is -0.378 e. The summed E-state index contributed by atoms with van der Waals surface area (Å²) in [5.74, 6) is -0.311. The van der Waals surface area contributed by atoms with Gasteiger partial charge >= 0.3 is 0 Å². The molecule has 1 atom stereocenters. The van der Waals surface area contributed by atoms with Crippen LogP contribution in [0.25, 0.3) is 11.3 Å². The van der Waals surface area contributed by atoms with Crippen molar-refractivity contribution in [2.24, 2.45) is 0 Å². The van der Waals surface area contributed by atoms with Gasteiger partial charge in [-0.05, 0) is 36.2 Å². The highest BCUT2D eigenvalue weighted by atomic mass is 32.1. The van der Waals surface area contributed by atoms with Crippen molar-refractivity contribution < 1.29 is 9.59 Å². The van der Waals surface area contributed by atoms with Gasteiger partial charge in [0.2, 0.25) is 11.8 Å². The molecule has 1 unspecified atom stereocenters. The highest BCUT2D eigenvalue weighted by molar-refractivity contribution is 7.09. The van der Waals surface area contributed by atoms with Gasteiger partial charge in [-0.2, -0.15) is 0 Å². The van der Waals surface area contributed by atoms with Gasteiger partial charge in [-0.15, -0.1) is 11.3 Å². The maximum Gasteiger partial charge on any atom is 0.247 e. The molecule has 4 rings (SSSR count). The number of benzene rings is 3. The molecule has 3 aromatic carbocycles.